The highest BCUT2D eigenvalue weighted by Gasteiger charge is 2.16. The second kappa shape index (κ2) is 4.00. The molecule has 0 saturated heterocycles. The first-order valence-corrected chi connectivity index (χ1v) is 4.47. The fraction of sp³-hybridized carbons (Fsp3) is 0.250. The van der Waals surface area contributed by atoms with Gasteiger partial charge in [-0.05, 0) is 18.6 Å². The van der Waals surface area contributed by atoms with Crippen LogP contribution in [0.5, 0.6) is 0 Å². The molecule has 0 aromatic carbocycles. The van der Waals surface area contributed by atoms with Crippen molar-refractivity contribution in [3.8, 4) is 0 Å². The molecule has 0 radical (unpaired) electrons. The molecule has 1 heterocycles. The number of alkyl halides is 2. The normalized spacial score (nSPS) is 10.6. The smallest absolute Gasteiger partial charge is 0.280 e. The molecule has 0 aliphatic heterocycles. The third kappa shape index (κ3) is 2.06. The van der Waals surface area contributed by atoms with E-state index in [1.54, 1.807) is 6.92 Å². The zero-order valence-corrected chi connectivity index (χ0v) is 8.81. The van der Waals surface area contributed by atoms with E-state index in [9.17, 15) is 13.6 Å². The minimum absolute atomic E-state index is 0.130. The third-order valence-electron chi connectivity index (χ3n) is 1.69. The lowest BCUT2D eigenvalue weighted by Gasteiger charge is -2.06. The van der Waals surface area contributed by atoms with Crippen molar-refractivity contribution >= 4 is 21.8 Å². The Kier molecular flexibility index (Phi) is 3.15. The van der Waals surface area contributed by atoms with Crippen molar-refractivity contribution in [3.63, 3.8) is 0 Å². The van der Waals surface area contributed by atoms with Gasteiger partial charge in [-0.2, -0.15) is 0 Å². The minimum Gasteiger partial charge on any atom is -0.364 e. The Hall–Kier alpha value is -1.04. The fourth-order valence-electron chi connectivity index (χ4n) is 0.948. The van der Waals surface area contributed by atoms with Crippen LogP contribution in [0, 0.1) is 6.92 Å². The van der Waals surface area contributed by atoms with Gasteiger partial charge in [0.15, 0.2) is 0 Å². The molecular formula is C8H7BrF2N2O. The van der Waals surface area contributed by atoms with Gasteiger partial charge in [0.25, 0.3) is 12.3 Å². The molecule has 1 rings (SSSR count). The number of carbonyl (C=O) groups excluding carboxylic acids is 1. The molecule has 1 aromatic heterocycles. The number of amides is 1. The summed E-state index contributed by atoms with van der Waals surface area (Å²) in [7, 11) is 0. The van der Waals surface area contributed by atoms with Gasteiger partial charge in [0.2, 0.25) is 0 Å². The summed E-state index contributed by atoms with van der Waals surface area (Å²) in [6, 6.07) is 1.17. The number of halogens is 3. The highest BCUT2D eigenvalue weighted by Crippen LogP contribution is 2.24. The van der Waals surface area contributed by atoms with E-state index in [0.717, 1.165) is 0 Å². The van der Waals surface area contributed by atoms with Gasteiger partial charge in [0.05, 0.1) is 0 Å². The van der Waals surface area contributed by atoms with E-state index >= 15 is 0 Å². The molecule has 1 aromatic rings. The lowest BCUT2D eigenvalue weighted by molar-refractivity contribution is 0.0992. The number of aromatic nitrogens is 1. The summed E-state index contributed by atoms with van der Waals surface area (Å²) in [6.45, 7) is 1.58. The fourth-order valence-corrected chi connectivity index (χ4v) is 1.37. The van der Waals surface area contributed by atoms with Crippen LogP contribution in [-0.4, -0.2) is 10.9 Å². The molecule has 0 fully saturated rings. The maximum absolute atomic E-state index is 12.3. The Morgan fingerprint density at radius 2 is 2.21 bits per heavy atom. The molecule has 0 spiro atoms. The van der Waals surface area contributed by atoms with E-state index < -0.39 is 18.0 Å². The van der Waals surface area contributed by atoms with Gasteiger partial charge in [-0.15, -0.1) is 0 Å². The number of pyridine rings is 1. The maximum Gasteiger partial charge on any atom is 0.280 e. The summed E-state index contributed by atoms with van der Waals surface area (Å²) in [5, 5.41) is 0. The summed E-state index contributed by atoms with van der Waals surface area (Å²) >= 11 is 3.05. The number of primary amides is 1. The quantitative estimate of drug-likeness (QED) is 0.891. The van der Waals surface area contributed by atoms with E-state index in [1.165, 1.54) is 6.07 Å². The van der Waals surface area contributed by atoms with E-state index in [-0.39, 0.29) is 5.69 Å². The largest absolute Gasteiger partial charge is 0.364 e. The van der Waals surface area contributed by atoms with E-state index in [1.807, 2.05) is 0 Å². The van der Waals surface area contributed by atoms with Crippen molar-refractivity contribution in [1.82, 2.24) is 4.98 Å². The van der Waals surface area contributed by atoms with Crippen LogP contribution in [-0.2, 0) is 0 Å². The van der Waals surface area contributed by atoms with Crippen molar-refractivity contribution in [3.05, 3.63) is 27.5 Å². The molecule has 0 bridgehead atoms. The second-order valence-electron chi connectivity index (χ2n) is 2.67. The van der Waals surface area contributed by atoms with Gasteiger partial charge in [0.1, 0.15) is 11.4 Å². The van der Waals surface area contributed by atoms with E-state index in [4.69, 9.17) is 5.73 Å². The highest BCUT2D eigenvalue weighted by atomic mass is 79.9. The van der Waals surface area contributed by atoms with Crippen LogP contribution in [0.3, 0.4) is 0 Å². The number of nitrogens with zero attached hydrogens (tertiary/aromatic N) is 1. The van der Waals surface area contributed by atoms with Gasteiger partial charge in [-0.3, -0.25) is 4.79 Å². The van der Waals surface area contributed by atoms with Gasteiger partial charge >= 0.3 is 0 Å². The number of nitrogens with two attached hydrogens (primary N) is 1. The predicted molar refractivity (Wildman–Crippen MR) is 50.1 cm³/mol. The number of hydrogen-bond acceptors (Lipinski definition) is 2. The molecule has 0 aliphatic rings. The zero-order valence-electron chi connectivity index (χ0n) is 7.22. The second-order valence-corrected chi connectivity index (χ2v) is 3.52. The molecule has 14 heavy (non-hydrogen) atoms. The van der Waals surface area contributed by atoms with Crippen LogP contribution in [0.1, 0.15) is 28.2 Å². The molecule has 0 unspecified atom stereocenters. The summed E-state index contributed by atoms with van der Waals surface area (Å²) in [5.74, 6) is -0.814. The molecule has 0 aliphatic carbocycles. The first kappa shape index (κ1) is 11.0. The monoisotopic (exact) mass is 264 g/mol. The van der Waals surface area contributed by atoms with Crippen molar-refractivity contribution in [1.29, 1.82) is 0 Å². The minimum atomic E-state index is -2.72. The van der Waals surface area contributed by atoms with Crippen molar-refractivity contribution < 1.29 is 13.6 Å². The van der Waals surface area contributed by atoms with Crippen LogP contribution in [0.15, 0.2) is 10.5 Å². The molecule has 0 atom stereocenters. The Bertz CT molecular complexity index is 382. The van der Waals surface area contributed by atoms with Gasteiger partial charge in [-0.25, -0.2) is 13.8 Å². The Morgan fingerprint density at radius 1 is 1.64 bits per heavy atom. The third-order valence-corrected chi connectivity index (χ3v) is 2.51. The molecule has 6 heteroatoms. The SMILES string of the molecule is Cc1c(Br)cc(C(F)F)nc1C(N)=O. The van der Waals surface area contributed by atoms with Crippen molar-refractivity contribution in [2.45, 2.75) is 13.3 Å². The van der Waals surface area contributed by atoms with Crippen molar-refractivity contribution in [2.75, 3.05) is 0 Å². The predicted octanol–water partition coefficient (Wildman–Crippen LogP) is 2.19. The summed E-state index contributed by atoms with van der Waals surface area (Å²) in [5.41, 5.74) is 4.85. The first-order chi connectivity index (χ1) is 6.43. The molecule has 3 nitrogen and oxygen atoms in total. The van der Waals surface area contributed by atoms with Gasteiger partial charge in [-0.1, -0.05) is 15.9 Å². The Labute approximate surface area is 87.4 Å². The summed E-state index contributed by atoms with van der Waals surface area (Å²) < 4.78 is 25.0. The molecule has 0 saturated carbocycles. The lowest BCUT2D eigenvalue weighted by atomic mass is 10.2. The zero-order chi connectivity index (χ0) is 10.9. The van der Waals surface area contributed by atoms with Crippen LogP contribution >= 0.6 is 15.9 Å². The maximum atomic E-state index is 12.3. The van der Waals surface area contributed by atoms with Crippen molar-refractivity contribution in [2.24, 2.45) is 5.73 Å². The molecule has 1 amide bonds. The topological polar surface area (TPSA) is 56.0 Å². The van der Waals surface area contributed by atoms with Crippen LogP contribution in [0.25, 0.3) is 0 Å². The lowest BCUT2D eigenvalue weighted by Crippen LogP contribution is -2.16. The summed E-state index contributed by atoms with van der Waals surface area (Å²) in [4.78, 5) is 14.3. The van der Waals surface area contributed by atoms with E-state index in [0.29, 0.717) is 10.0 Å². The standard InChI is InChI=1S/C8H7BrF2N2O/c1-3-4(9)2-5(7(10)11)13-6(3)8(12)14/h2,7H,1H3,(H2,12,14). The molecule has 2 N–H and O–H groups in total. The van der Waals surface area contributed by atoms with Crippen LogP contribution in [0.2, 0.25) is 0 Å². The summed E-state index contributed by atoms with van der Waals surface area (Å²) in [6.07, 6.45) is -2.72. The van der Waals surface area contributed by atoms with Crippen LogP contribution < -0.4 is 5.73 Å². The number of carbonyl (C=O) groups is 1. The average molecular weight is 265 g/mol. The van der Waals surface area contributed by atoms with Gasteiger partial charge in [0, 0.05) is 4.47 Å². The molecular weight excluding hydrogens is 258 g/mol. The van der Waals surface area contributed by atoms with Crippen LogP contribution in [0.4, 0.5) is 8.78 Å². The van der Waals surface area contributed by atoms with E-state index in [2.05, 4.69) is 20.9 Å². The molecule has 76 valence electrons. The number of hydrogen-bond donors (Lipinski definition) is 1. The number of rotatable bonds is 2. The highest BCUT2D eigenvalue weighted by molar-refractivity contribution is 9.10. The Morgan fingerprint density at radius 3 is 2.64 bits per heavy atom. The van der Waals surface area contributed by atoms with Gasteiger partial charge < -0.3 is 5.73 Å². The Balaban J connectivity index is 3.35. The first-order valence-electron chi connectivity index (χ1n) is 3.68. The average Bonchev–Trinajstić information content (AvgIpc) is 2.08.